The van der Waals surface area contributed by atoms with Gasteiger partial charge in [-0.2, -0.15) is 0 Å². The van der Waals surface area contributed by atoms with Crippen LogP contribution in [0.2, 0.25) is 5.02 Å². The number of benzene rings is 2. The van der Waals surface area contributed by atoms with E-state index in [0.717, 1.165) is 16.5 Å². The Bertz CT molecular complexity index is 1330. The van der Waals surface area contributed by atoms with Gasteiger partial charge in [-0.1, -0.05) is 41.9 Å². The summed E-state index contributed by atoms with van der Waals surface area (Å²) < 4.78 is 16.6. The minimum Gasteiger partial charge on any atom is -0.350 e. The lowest BCUT2D eigenvalue weighted by molar-refractivity contribution is -0.121. The van der Waals surface area contributed by atoms with Gasteiger partial charge in [0.2, 0.25) is 5.91 Å². The van der Waals surface area contributed by atoms with Crippen molar-refractivity contribution in [3.8, 4) is 0 Å². The third-order valence-corrected chi connectivity index (χ3v) is 5.57. The Morgan fingerprint density at radius 1 is 1.06 bits per heavy atom. The molecule has 31 heavy (non-hydrogen) atoms. The van der Waals surface area contributed by atoms with E-state index in [1.807, 2.05) is 54.1 Å². The number of aromatic nitrogens is 2. The van der Waals surface area contributed by atoms with Gasteiger partial charge in [0.05, 0.1) is 5.02 Å². The summed E-state index contributed by atoms with van der Waals surface area (Å²) in [6, 6.07) is 16.0. The number of nitrogens with one attached hydrogen (secondary N) is 1. The number of hydrogen-bond acceptors (Lipinski definition) is 2. The molecular weight excluding hydrogens is 417 g/mol. The molecule has 2 aromatic heterocycles. The van der Waals surface area contributed by atoms with Crippen molar-refractivity contribution < 1.29 is 9.18 Å². The van der Waals surface area contributed by atoms with Gasteiger partial charge in [-0.15, -0.1) is 0 Å². The molecule has 0 aliphatic heterocycles. The van der Waals surface area contributed by atoms with E-state index in [4.69, 9.17) is 11.6 Å². The SMILES string of the molecule is Cc1ccccc1Cn1ccc2ccn(CC(=O)NCc3ccc(F)c(Cl)c3)c(=O)c21. The van der Waals surface area contributed by atoms with Gasteiger partial charge in [0.1, 0.15) is 17.9 Å². The lowest BCUT2D eigenvalue weighted by atomic mass is 10.1. The summed E-state index contributed by atoms with van der Waals surface area (Å²) in [6.07, 6.45) is 3.51. The van der Waals surface area contributed by atoms with Crippen molar-refractivity contribution in [1.29, 1.82) is 0 Å². The van der Waals surface area contributed by atoms with Crippen molar-refractivity contribution >= 4 is 28.4 Å². The van der Waals surface area contributed by atoms with Gasteiger partial charge in [-0.3, -0.25) is 9.59 Å². The van der Waals surface area contributed by atoms with Crippen LogP contribution in [-0.2, 0) is 24.4 Å². The first-order valence-electron chi connectivity index (χ1n) is 9.86. The maximum Gasteiger partial charge on any atom is 0.275 e. The second-order valence-electron chi connectivity index (χ2n) is 7.45. The number of carbonyl (C=O) groups excluding carboxylic acids is 1. The van der Waals surface area contributed by atoms with E-state index in [2.05, 4.69) is 5.32 Å². The van der Waals surface area contributed by atoms with Gasteiger partial charge in [0, 0.05) is 30.9 Å². The molecule has 0 saturated carbocycles. The van der Waals surface area contributed by atoms with Crippen molar-refractivity contribution in [3.05, 3.63) is 105 Å². The second kappa shape index (κ2) is 8.78. The van der Waals surface area contributed by atoms with E-state index in [1.54, 1.807) is 12.3 Å². The summed E-state index contributed by atoms with van der Waals surface area (Å²) in [5, 5.41) is 3.57. The number of hydrogen-bond donors (Lipinski definition) is 1. The molecule has 4 rings (SSSR count). The van der Waals surface area contributed by atoms with Crippen LogP contribution in [0.5, 0.6) is 0 Å². The number of amides is 1. The summed E-state index contributed by atoms with van der Waals surface area (Å²) >= 11 is 5.77. The Hall–Kier alpha value is -3.38. The third kappa shape index (κ3) is 4.54. The van der Waals surface area contributed by atoms with Crippen LogP contribution in [0.3, 0.4) is 0 Å². The van der Waals surface area contributed by atoms with Crippen molar-refractivity contribution in [2.75, 3.05) is 0 Å². The highest BCUT2D eigenvalue weighted by Crippen LogP contribution is 2.17. The van der Waals surface area contributed by atoms with Gasteiger partial charge in [0.25, 0.3) is 5.56 Å². The number of aryl methyl sites for hydroxylation is 1. The number of nitrogens with zero attached hydrogens (tertiary/aromatic N) is 2. The van der Waals surface area contributed by atoms with Gasteiger partial charge in [-0.05, 0) is 47.9 Å². The molecule has 2 heterocycles. The van der Waals surface area contributed by atoms with Crippen LogP contribution >= 0.6 is 11.6 Å². The minimum atomic E-state index is -0.509. The molecule has 0 spiro atoms. The Morgan fingerprint density at radius 2 is 1.81 bits per heavy atom. The fourth-order valence-electron chi connectivity index (χ4n) is 3.53. The van der Waals surface area contributed by atoms with Gasteiger partial charge in [-0.25, -0.2) is 4.39 Å². The fourth-order valence-corrected chi connectivity index (χ4v) is 3.74. The molecule has 0 unspecified atom stereocenters. The van der Waals surface area contributed by atoms with Crippen molar-refractivity contribution in [2.45, 2.75) is 26.6 Å². The molecule has 0 fully saturated rings. The molecule has 0 atom stereocenters. The zero-order valence-electron chi connectivity index (χ0n) is 16.9. The van der Waals surface area contributed by atoms with E-state index in [9.17, 15) is 14.0 Å². The minimum absolute atomic E-state index is 0.00262. The second-order valence-corrected chi connectivity index (χ2v) is 7.86. The van der Waals surface area contributed by atoms with Crippen LogP contribution in [0.1, 0.15) is 16.7 Å². The first-order valence-corrected chi connectivity index (χ1v) is 10.2. The Kier molecular flexibility index (Phi) is 5.91. The Morgan fingerprint density at radius 3 is 2.55 bits per heavy atom. The lowest BCUT2D eigenvalue weighted by Crippen LogP contribution is -2.32. The average Bonchev–Trinajstić information content (AvgIpc) is 3.16. The fraction of sp³-hybridized carbons (Fsp3) is 0.167. The number of rotatable bonds is 6. The van der Waals surface area contributed by atoms with Gasteiger partial charge >= 0.3 is 0 Å². The van der Waals surface area contributed by atoms with Crippen LogP contribution in [0, 0.1) is 12.7 Å². The molecule has 4 aromatic rings. The predicted molar refractivity (Wildman–Crippen MR) is 120 cm³/mol. The van der Waals surface area contributed by atoms with E-state index in [0.29, 0.717) is 17.6 Å². The van der Waals surface area contributed by atoms with Crippen molar-refractivity contribution in [1.82, 2.24) is 14.5 Å². The lowest BCUT2D eigenvalue weighted by Gasteiger charge is -2.11. The topological polar surface area (TPSA) is 56.0 Å². The largest absolute Gasteiger partial charge is 0.350 e. The molecule has 0 saturated heterocycles. The predicted octanol–water partition coefficient (Wildman–Crippen LogP) is 4.27. The van der Waals surface area contributed by atoms with Crippen LogP contribution in [0.15, 0.2) is 71.8 Å². The first-order chi connectivity index (χ1) is 14.9. The van der Waals surface area contributed by atoms with Crippen LogP contribution in [0.25, 0.3) is 10.9 Å². The third-order valence-electron chi connectivity index (χ3n) is 5.28. The average molecular weight is 438 g/mol. The molecule has 5 nitrogen and oxygen atoms in total. The highest BCUT2D eigenvalue weighted by Gasteiger charge is 2.12. The van der Waals surface area contributed by atoms with Crippen molar-refractivity contribution in [3.63, 3.8) is 0 Å². The Labute approximate surface area is 183 Å². The molecule has 0 radical (unpaired) electrons. The van der Waals surface area contributed by atoms with Crippen LogP contribution < -0.4 is 10.9 Å². The number of carbonyl (C=O) groups is 1. The van der Waals surface area contributed by atoms with E-state index >= 15 is 0 Å². The van der Waals surface area contributed by atoms with Crippen LogP contribution in [0.4, 0.5) is 4.39 Å². The van der Waals surface area contributed by atoms with Crippen LogP contribution in [-0.4, -0.2) is 15.0 Å². The zero-order chi connectivity index (χ0) is 22.0. The molecular formula is C24H21ClFN3O2. The molecule has 0 bridgehead atoms. The summed E-state index contributed by atoms with van der Waals surface area (Å²) in [7, 11) is 0. The molecule has 0 aliphatic rings. The van der Waals surface area contributed by atoms with E-state index < -0.39 is 5.82 Å². The maximum atomic E-state index is 13.3. The molecule has 2 aromatic carbocycles. The van der Waals surface area contributed by atoms with Crippen molar-refractivity contribution in [2.24, 2.45) is 0 Å². The van der Waals surface area contributed by atoms with Gasteiger partial charge < -0.3 is 14.5 Å². The quantitative estimate of drug-likeness (QED) is 0.489. The number of halogens is 2. The molecule has 158 valence electrons. The summed E-state index contributed by atoms with van der Waals surface area (Å²) in [6.45, 7) is 2.70. The smallest absolute Gasteiger partial charge is 0.275 e. The van der Waals surface area contributed by atoms with Gasteiger partial charge in [0.15, 0.2) is 0 Å². The monoisotopic (exact) mass is 437 g/mol. The first kappa shape index (κ1) is 20.9. The molecule has 7 heteroatoms. The van der Waals surface area contributed by atoms with E-state index in [1.165, 1.54) is 16.7 Å². The highest BCUT2D eigenvalue weighted by atomic mass is 35.5. The summed E-state index contributed by atoms with van der Waals surface area (Å²) in [4.78, 5) is 25.5. The Balaban J connectivity index is 1.52. The maximum absolute atomic E-state index is 13.3. The molecule has 1 N–H and O–H groups in total. The number of pyridine rings is 1. The number of fused-ring (bicyclic) bond motifs is 1. The molecule has 0 aliphatic carbocycles. The molecule has 1 amide bonds. The zero-order valence-corrected chi connectivity index (χ0v) is 17.7. The summed E-state index contributed by atoms with van der Waals surface area (Å²) in [5.74, 6) is -0.829. The standard InChI is InChI=1S/C24H21ClFN3O2/c1-16-4-2-3-5-19(16)14-28-10-8-18-9-11-29(24(31)23(18)28)15-22(30)27-13-17-6-7-21(26)20(25)12-17/h2-12H,13-15H2,1H3,(H,27,30). The highest BCUT2D eigenvalue weighted by molar-refractivity contribution is 6.30. The normalized spacial score (nSPS) is 11.1. The van der Waals surface area contributed by atoms with E-state index in [-0.39, 0.29) is 29.6 Å². The summed E-state index contributed by atoms with van der Waals surface area (Å²) in [5.41, 5.74) is 3.29.